The van der Waals surface area contributed by atoms with E-state index < -0.39 is 0 Å². The van der Waals surface area contributed by atoms with Crippen LogP contribution in [0.5, 0.6) is 0 Å². The van der Waals surface area contributed by atoms with Gasteiger partial charge in [0, 0.05) is 0 Å². The van der Waals surface area contributed by atoms with Gasteiger partial charge >= 0.3 is 0 Å². The maximum atomic E-state index is 9.59. The maximum Gasteiger partial charge on any atom is 0.0566 e. The van der Waals surface area contributed by atoms with Crippen LogP contribution in [0.15, 0.2) is 30.3 Å². The van der Waals surface area contributed by atoms with Gasteiger partial charge in [-0.25, -0.2) is 0 Å². The van der Waals surface area contributed by atoms with Crippen molar-refractivity contribution in [3.63, 3.8) is 0 Å². The van der Waals surface area contributed by atoms with Crippen LogP contribution in [0.25, 0.3) is 0 Å². The molecule has 1 aromatic rings. The van der Waals surface area contributed by atoms with Crippen molar-refractivity contribution in [1.82, 2.24) is 0 Å². The minimum absolute atomic E-state index is 0.166. The van der Waals surface area contributed by atoms with Gasteiger partial charge in [0.2, 0.25) is 0 Å². The average Bonchev–Trinajstić information content (AvgIpc) is 2.18. The molecule has 0 spiro atoms. The van der Waals surface area contributed by atoms with Crippen LogP contribution in [0.2, 0.25) is 0 Å². The fourth-order valence-electron chi connectivity index (χ4n) is 1.52. The van der Waals surface area contributed by atoms with Crippen molar-refractivity contribution in [2.24, 2.45) is 5.92 Å². The molecule has 0 amide bonds. The highest BCUT2D eigenvalue weighted by Gasteiger charge is 2.11. The van der Waals surface area contributed by atoms with E-state index in [1.165, 1.54) is 5.56 Å². The molecule has 13 heavy (non-hydrogen) atoms. The Morgan fingerprint density at radius 2 is 1.85 bits per heavy atom. The van der Waals surface area contributed by atoms with Crippen LogP contribution in [-0.4, -0.2) is 11.2 Å². The van der Waals surface area contributed by atoms with Crippen molar-refractivity contribution in [3.05, 3.63) is 35.9 Å². The van der Waals surface area contributed by atoms with Crippen molar-refractivity contribution >= 4 is 0 Å². The van der Waals surface area contributed by atoms with Crippen molar-refractivity contribution in [1.29, 1.82) is 0 Å². The van der Waals surface area contributed by atoms with Crippen LogP contribution in [0, 0.1) is 5.92 Å². The van der Waals surface area contributed by atoms with Gasteiger partial charge in [-0.15, -0.1) is 0 Å². The van der Waals surface area contributed by atoms with E-state index in [1.54, 1.807) is 0 Å². The summed E-state index contributed by atoms with van der Waals surface area (Å²) in [6.07, 6.45) is 1.64. The lowest BCUT2D eigenvalue weighted by Gasteiger charge is -2.16. The second-order valence-electron chi connectivity index (χ2n) is 3.64. The molecular weight excluding hydrogens is 160 g/mol. The second kappa shape index (κ2) is 5.03. The number of benzene rings is 1. The molecule has 0 aromatic heterocycles. The summed E-state index contributed by atoms with van der Waals surface area (Å²) in [5, 5.41) is 9.59. The zero-order valence-corrected chi connectivity index (χ0v) is 8.40. The molecule has 72 valence electrons. The molecule has 1 nitrogen and oxygen atoms in total. The highest BCUT2D eigenvalue weighted by atomic mass is 16.3. The van der Waals surface area contributed by atoms with E-state index in [-0.39, 0.29) is 6.10 Å². The Morgan fingerprint density at radius 3 is 2.38 bits per heavy atom. The first-order chi connectivity index (χ1) is 6.24. The predicted molar refractivity (Wildman–Crippen MR) is 55.6 cm³/mol. The quantitative estimate of drug-likeness (QED) is 0.751. The summed E-state index contributed by atoms with van der Waals surface area (Å²) in [7, 11) is 0. The Labute approximate surface area is 80.4 Å². The summed E-state index contributed by atoms with van der Waals surface area (Å²) in [4.78, 5) is 0. The lowest BCUT2D eigenvalue weighted by Crippen LogP contribution is -2.18. The third kappa shape index (κ3) is 3.19. The van der Waals surface area contributed by atoms with Gasteiger partial charge in [-0.1, -0.05) is 44.2 Å². The van der Waals surface area contributed by atoms with E-state index in [1.807, 2.05) is 25.1 Å². The molecule has 1 heteroatoms. The van der Waals surface area contributed by atoms with E-state index in [9.17, 15) is 5.11 Å². The van der Waals surface area contributed by atoms with E-state index >= 15 is 0 Å². The minimum Gasteiger partial charge on any atom is -0.393 e. The number of aliphatic hydroxyl groups excluding tert-OH is 1. The summed E-state index contributed by atoms with van der Waals surface area (Å²) in [5.74, 6) is 0.354. The third-order valence-electron chi connectivity index (χ3n) is 2.48. The van der Waals surface area contributed by atoms with Crippen LogP contribution >= 0.6 is 0 Å². The van der Waals surface area contributed by atoms with Crippen molar-refractivity contribution < 1.29 is 5.11 Å². The predicted octanol–water partition coefficient (Wildman–Crippen LogP) is 2.64. The fourth-order valence-corrected chi connectivity index (χ4v) is 1.52. The topological polar surface area (TPSA) is 20.2 Å². The highest BCUT2D eigenvalue weighted by Crippen LogP contribution is 2.13. The molecule has 1 rings (SSSR count). The Bertz CT molecular complexity index is 230. The monoisotopic (exact) mass is 178 g/mol. The normalized spacial score (nSPS) is 15.3. The van der Waals surface area contributed by atoms with Gasteiger partial charge in [0.1, 0.15) is 0 Å². The molecule has 0 saturated heterocycles. The summed E-state index contributed by atoms with van der Waals surface area (Å²) in [6.45, 7) is 4.12. The Kier molecular flexibility index (Phi) is 3.97. The minimum atomic E-state index is -0.166. The lowest BCUT2D eigenvalue weighted by molar-refractivity contribution is 0.113. The first-order valence-corrected chi connectivity index (χ1v) is 4.96. The van der Waals surface area contributed by atoms with Crippen LogP contribution < -0.4 is 0 Å². The third-order valence-corrected chi connectivity index (χ3v) is 2.48. The van der Waals surface area contributed by atoms with E-state index in [0.29, 0.717) is 5.92 Å². The van der Waals surface area contributed by atoms with Crippen LogP contribution in [-0.2, 0) is 6.42 Å². The molecule has 0 aliphatic heterocycles. The van der Waals surface area contributed by atoms with Crippen LogP contribution in [0.4, 0.5) is 0 Å². The van der Waals surface area contributed by atoms with Gasteiger partial charge < -0.3 is 5.11 Å². The molecule has 0 aliphatic carbocycles. The number of aliphatic hydroxyl groups is 1. The fraction of sp³-hybridized carbons (Fsp3) is 0.500. The SMILES string of the molecule is CCC(O)C(C)Cc1ccccc1. The van der Waals surface area contributed by atoms with Gasteiger partial charge in [0.25, 0.3) is 0 Å². The molecule has 0 heterocycles. The summed E-state index contributed by atoms with van der Waals surface area (Å²) >= 11 is 0. The molecule has 2 atom stereocenters. The molecule has 1 N–H and O–H groups in total. The van der Waals surface area contributed by atoms with Crippen molar-refractivity contribution in [3.8, 4) is 0 Å². The van der Waals surface area contributed by atoms with Gasteiger partial charge in [0.05, 0.1) is 6.10 Å². The first-order valence-electron chi connectivity index (χ1n) is 4.96. The van der Waals surface area contributed by atoms with E-state index in [4.69, 9.17) is 0 Å². The highest BCUT2D eigenvalue weighted by molar-refractivity contribution is 5.15. The van der Waals surface area contributed by atoms with Gasteiger partial charge in [-0.3, -0.25) is 0 Å². The van der Waals surface area contributed by atoms with Crippen molar-refractivity contribution in [2.45, 2.75) is 32.8 Å². The largest absolute Gasteiger partial charge is 0.393 e. The number of hydrogen-bond donors (Lipinski definition) is 1. The molecule has 2 unspecified atom stereocenters. The lowest BCUT2D eigenvalue weighted by atomic mass is 9.95. The summed E-state index contributed by atoms with van der Waals surface area (Å²) < 4.78 is 0. The smallest absolute Gasteiger partial charge is 0.0566 e. The van der Waals surface area contributed by atoms with Crippen LogP contribution in [0.3, 0.4) is 0 Å². The molecule has 0 aliphatic rings. The Balaban J connectivity index is 2.50. The maximum absolute atomic E-state index is 9.59. The number of rotatable bonds is 4. The molecule has 0 saturated carbocycles. The summed E-state index contributed by atoms with van der Waals surface area (Å²) in [6, 6.07) is 10.3. The van der Waals surface area contributed by atoms with Crippen LogP contribution in [0.1, 0.15) is 25.8 Å². The van der Waals surface area contributed by atoms with E-state index in [0.717, 1.165) is 12.8 Å². The first kappa shape index (κ1) is 10.3. The van der Waals surface area contributed by atoms with Gasteiger partial charge in [0.15, 0.2) is 0 Å². The molecule has 1 aromatic carbocycles. The average molecular weight is 178 g/mol. The Hall–Kier alpha value is -0.820. The Morgan fingerprint density at radius 1 is 1.23 bits per heavy atom. The summed E-state index contributed by atoms with van der Waals surface area (Å²) in [5.41, 5.74) is 1.31. The number of hydrogen-bond acceptors (Lipinski definition) is 1. The van der Waals surface area contributed by atoms with E-state index in [2.05, 4.69) is 19.1 Å². The molecule has 0 bridgehead atoms. The zero-order valence-electron chi connectivity index (χ0n) is 8.40. The van der Waals surface area contributed by atoms with Gasteiger partial charge in [-0.2, -0.15) is 0 Å². The molecule has 0 radical (unpaired) electrons. The van der Waals surface area contributed by atoms with Crippen molar-refractivity contribution in [2.75, 3.05) is 0 Å². The molecular formula is C12H18O. The molecule has 0 fully saturated rings. The standard InChI is InChI=1S/C12H18O/c1-3-12(13)10(2)9-11-7-5-4-6-8-11/h4-8,10,12-13H,3,9H2,1-2H3. The second-order valence-corrected chi connectivity index (χ2v) is 3.64. The zero-order chi connectivity index (χ0) is 9.68. The van der Waals surface area contributed by atoms with Gasteiger partial charge in [-0.05, 0) is 24.3 Å².